The van der Waals surface area contributed by atoms with E-state index in [1.807, 2.05) is 6.20 Å². The maximum Gasteiger partial charge on any atom is 0.0481 e. The summed E-state index contributed by atoms with van der Waals surface area (Å²) in [4.78, 5) is 4.48. The molecule has 2 rings (SSSR count). The number of unbranched alkanes of at least 4 members (excludes halogenated alkanes) is 2. The Morgan fingerprint density at radius 3 is 2.69 bits per heavy atom. The maximum absolute atomic E-state index is 4.48. The standard InChI is InChI=1S/C14H17N.BrH/c1-2-3-4-9-14-13-8-6-5-7-12(13)10-11-15-14;/h5-8,10-11H,2-4,9H2,1H3;1H. The molecule has 2 heteroatoms. The summed E-state index contributed by atoms with van der Waals surface area (Å²) in [7, 11) is 0. The summed E-state index contributed by atoms with van der Waals surface area (Å²) in [6.45, 7) is 2.23. The molecule has 0 radical (unpaired) electrons. The largest absolute Gasteiger partial charge is 0.261 e. The Morgan fingerprint density at radius 1 is 1.06 bits per heavy atom. The number of benzene rings is 1. The van der Waals surface area contributed by atoms with Gasteiger partial charge >= 0.3 is 0 Å². The van der Waals surface area contributed by atoms with Crippen molar-refractivity contribution in [3.8, 4) is 0 Å². The van der Waals surface area contributed by atoms with E-state index in [0.717, 1.165) is 6.42 Å². The van der Waals surface area contributed by atoms with E-state index >= 15 is 0 Å². The first-order valence-electron chi connectivity index (χ1n) is 5.74. The van der Waals surface area contributed by atoms with E-state index in [-0.39, 0.29) is 17.0 Å². The summed E-state index contributed by atoms with van der Waals surface area (Å²) in [5.41, 5.74) is 1.25. The molecule has 0 aliphatic rings. The van der Waals surface area contributed by atoms with Crippen molar-refractivity contribution in [2.75, 3.05) is 0 Å². The van der Waals surface area contributed by atoms with E-state index < -0.39 is 0 Å². The summed E-state index contributed by atoms with van der Waals surface area (Å²) in [6, 6.07) is 10.6. The molecule has 2 aromatic rings. The molecule has 1 heterocycles. The van der Waals surface area contributed by atoms with Gasteiger partial charge in [0, 0.05) is 17.3 Å². The van der Waals surface area contributed by atoms with Crippen molar-refractivity contribution in [2.24, 2.45) is 0 Å². The van der Waals surface area contributed by atoms with Crippen LogP contribution in [0.4, 0.5) is 0 Å². The number of halogens is 1. The lowest BCUT2D eigenvalue weighted by atomic mass is 10.1. The Kier molecular flexibility index (Phi) is 5.47. The van der Waals surface area contributed by atoms with E-state index in [9.17, 15) is 0 Å². The van der Waals surface area contributed by atoms with E-state index in [1.165, 1.54) is 35.7 Å². The number of hydrogen-bond donors (Lipinski definition) is 0. The highest BCUT2D eigenvalue weighted by Gasteiger charge is 2.00. The third-order valence-corrected chi connectivity index (χ3v) is 2.77. The highest BCUT2D eigenvalue weighted by Crippen LogP contribution is 2.17. The van der Waals surface area contributed by atoms with Gasteiger partial charge in [-0.3, -0.25) is 4.98 Å². The number of aryl methyl sites for hydroxylation is 1. The number of nitrogens with zero attached hydrogens (tertiary/aromatic N) is 1. The van der Waals surface area contributed by atoms with Gasteiger partial charge in [0.1, 0.15) is 0 Å². The van der Waals surface area contributed by atoms with Crippen LogP contribution in [0, 0.1) is 0 Å². The van der Waals surface area contributed by atoms with Gasteiger partial charge in [0.25, 0.3) is 0 Å². The van der Waals surface area contributed by atoms with Crippen LogP contribution < -0.4 is 0 Å². The fourth-order valence-electron chi connectivity index (χ4n) is 1.92. The number of hydrogen-bond acceptors (Lipinski definition) is 1. The second-order valence-corrected chi connectivity index (χ2v) is 3.94. The van der Waals surface area contributed by atoms with E-state index in [1.54, 1.807) is 0 Å². The molecule has 16 heavy (non-hydrogen) atoms. The van der Waals surface area contributed by atoms with Gasteiger partial charge in [-0.15, -0.1) is 17.0 Å². The molecule has 0 saturated carbocycles. The minimum absolute atomic E-state index is 0. The van der Waals surface area contributed by atoms with E-state index in [4.69, 9.17) is 0 Å². The summed E-state index contributed by atoms with van der Waals surface area (Å²) >= 11 is 0. The Labute approximate surface area is 108 Å². The normalized spacial score (nSPS) is 10.1. The molecule has 0 bridgehead atoms. The molecule has 1 aromatic heterocycles. The molecular formula is C14H18BrN. The third-order valence-electron chi connectivity index (χ3n) is 2.77. The predicted octanol–water partition coefficient (Wildman–Crippen LogP) is 4.55. The van der Waals surface area contributed by atoms with Gasteiger partial charge in [-0.05, 0) is 24.3 Å². The molecule has 0 atom stereocenters. The lowest BCUT2D eigenvalue weighted by molar-refractivity contribution is 0.710. The maximum atomic E-state index is 4.48. The molecule has 0 fully saturated rings. The summed E-state index contributed by atoms with van der Waals surface area (Å²) in [5.74, 6) is 0. The lowest BCUT2D eigenvalue weighted by Gasteiger charge is -2.04. The Morgan fingerprint density at radius 2 is 1.88 bits per heavy atom. The molecule has 1 nitrogen and oxygen atoms in total. The first-order chi connectivity index (χ1) is 7.42. The molecule has 0 saturated heterocycles. The highest BCUT2D eigenvalue weighted by atomic mass is 79.9. The number of rotatable bonds is 4. The van der Waals surface area contributed by atoms with Crippen LogP contribution in [0.25, 0.3) is 10.8 Å². The van der Waals surface area contributed by atoms with Crippen LogP contribution in [0.15, 0.2) is 36.5 Å². The van der Waals surface area contributed by atoms with Crippen LogP contribution >= 0.6 is 17.0 Å². The Hall–Kier alpha value is -0.890. The van der Waals surface area contributed by atoms with Crippen molar-refractivity contribution >= 4 is 27.8 Å². The molecule has 0 aliphatic carbocycles. The minimum Gasteiger partial charge on any atom is -0.261 e. The average molecular weight is 280 g/mol. The Balaban J connectivity index is 0.00000128. The molecule has 0 aliphatic heterocycles. The van der Waals surface area contributed by atoms with Crippen LogP contribution in [0.5, 0.6) is 0 Å². The van der Waals surface area contributed by atoms with E-state index in [2.05, 4.69) is 42.2 Å². The molecule has 0 amide bonds. The van der Waals surface area contributed by atoms with Gasteiger partial charge in [0.05, 0.1) is 0 Å². The fraction of sp³-hybridized carbons (Fsp3) is 0.357. The van der Waals surface area contributed by atoms with Crippen molar-refractivity contribution in [3.63, 3.8) is 0 Å². The minimum atomic E-state index is 0. The number of aromatic nitrogens is 1. The molecule has 86 valence electrons. The van der Waals surface area contributed by atoms with Crippen molar-refractivity contribution in [2.45, 2.75) is 32.6 Å². The topological polar surface area (TPSA) is 12.9 Å². The summed E-state index contributed by atoms with van der Waals surface area (Å²) < 4.78 is 0. The fourth-order valence-corrected chi connectivity index (χ4v) is 1.92. The molecule has 0 unspecified atom stereocenters. The zero-order valence-electron chi connectivity index (χ0n) is 9.65. The smallest absolute Gasteiger partial charge is 0.0481 e. The Bertz CT molecular complexity index is 434. The van der Waals surface area contributed by atoms with Gasteiger partial charge in [0.15, 0.2) is 0 Å². The van der Waals surface area contributed by atoms with Gasteiger partial charge in [0.2, 0.25) is 0 Å². The average Bonchev–Trinajstić information content (AvgIpc) is 2.30. The van der Waals surface area contributed by atoms with Crippen molar-refractivity contribution in [1.82, 2.24) is 4.98 Å². The van der Waals surface area contributed by atoms with Crippen LogP contribution in [-0.2, 0) is 6.42 Å². The predicted molar refractivity (Wildman–Crippen MR) is 75.3 cm³/mol. The molecular weight excluding hydrogens is 262 g/mol. The van der Waals surface area contributed by atoms with Gasteiger partial charge in [-0.1, -0.05) is 44.0 Å². The van der Waals surface area contributed by atoms with Crippen molar-refractivity contribution in [3.05, 3.63) is 42.2 Å². The molecule has 0 N–H and O–H groups in total. The van der Waals surface area contributed by atoms with Crippen LogP contribution in [0.2, 0.25) is 0 Å². The summed E-state index contributed by atoms with van der Waals surface area (Å²) in [6.07, 6.45) is 6.84. The number of pyridine rings is 1. The van der Waals surface area contributed by atoms with Crippen LogP contribution in [0.1, 0.15) is 31.9 Å². The molecule has 0 spiro atoms. The first kappa shape index (κ1) is 13.2. The second-order valence-electron chi connectivity index (χ2n) is 3.94. The quantitative estimate of drug-likeness (QED) is 0.749. The third kappa shape index (κ3) is 3.05. The molecule has 1 aromatic carbocycles. The second kappa shape index (κ2) is 6.64. The van der Waals surface area contributed by atoms with Crippen molar-refractivity contribution < 1.29 is 0 Å². The first-order valence-corrected chi connectivity index (χ1v) is 5.74. The van der Waals surface area contributed by atoms with E-state index in [0.29, 0.717) is 0 Å². The van der Waals surface area contributed by atoms with Gasteiger partial charge in [-0.2, -0.15) is 0 Å². The zero-order valence-corrected chi connectivity index (χ0v) is 11.4. The van der Waals surface area contributed by atoms with Crippen molar-refractivity contribution in [1.29, 1.82) is 0 Å². The highest BCUT2D eigenvalue weighted by molar-refractivity contribution is 8.93. The van der Waals surface area contributed by atoms with Crippen LogP contribution in [-0.4, -0.2) is 4.98 Å². The van der Waals surface area contributed by atoms with Gasteiger partial charge in [-0.25, -0.2) is 0 Å². The van der Waals surface area contributed by atoms with Crippen LogP contribution in [0.3, 0.4) is 0 Å². The number of fused-ring (bicyclic) bond motifs is 1. The van der Waals surface area contributed by atoms with Gasteiger partial charge < -0.3 is 0 Å². The summed E-state index contributed by atoms with van der Waals surface area (Å²) in [5, 5.41) is 2.62. The lowest BCUT2D eigenvalue weighted by Crippen LogP contribution is -1.91. The monoisotopic (exact) mass is 279 g/mol. The SMILES string of the molecule is Br.CCCCCc1nccc2ccccc12. The zero-order chi connectivity index (χ0) is 10.5.